The summed E-state index contributed by atoms with van der Waals surface area (Å²) in [5, 5.41) is 9.43. The fraction of sp³-hybridized carbons (Fsp3) is 0.875. The van der Waals surface area contributed by atoms with Crippen molar-refractivity contribution in [2.45, 2.75) is 77.6 Å². The van der Waals surface area contributed by atoms with E-state index in [1.54, 1.807) is 0 Å². The maximum absolute atomic E-state index is 12.4. The molecule has 0 aromatic rings. The zero-order valence-corrected chi connectivity index (χ0v) is 13.0. The molecule has 2 rings (SSSR count). The Labute approximate surface area is 126 Å². The molecule has 1 unspecified atom stereocenters. The van der Waals surface area contributed by atoms with Gasteiger partial charge in [-0.15, -0.1) is 0 Å². The van der Waals surface area contributed by atoms with Gasteiger partial charge >= 0.3 is 11.9 Å². The zero-order valence-electron chi connectivity index (χ0n) is 13.0. The third kappa shape index (κ3) is 3.57. The van der Waals surface area contributed by atoms with Crippen LogP contribution in [0.3, 0.4) is 0 Å². The van der Waals surface area contributed by atoms with E-state index in [2.05, 4.69) is 0 Å². The van der Waals surface area contributed by atoms with Crippen molar-refractivity contribution < 1.29 is 24.2 Å². The number of esters is 1. The normalized spacial score (nSPS) is 23.4. The first-order chi connectivity index (χ1) is 9.95. The molecule has 0 spiro atoms. The Morgan fingerprint density at radius 1 is 1.10 bits per heavy atom. The van der Waals surface area contributed by atoms with Gasteiger partial charge in [-0.1, -0.05) is 39.5 Å². The fourth-order valence-corrected chi connectivity index (χ4v) is 3.24. The van der Waals surface area contributed by atoms with Crippen LogP contribution >= 0.6 is 0 Å². The van der Waals surface area contributed by atoms with Crippen molar-refractivity contribution in [2.75, 3.05) is 0 Å². The molecule has 0 aromatic heterocycles. The number of carboxylic acid groups (broad SMARTS) is 1. The van der Waals surface area contributed by atoms with Crippen LogP contribution in [0.25, 0.3) is 0 Å². The number of carbonyl (C=O) groups is 2. The van der Waals surface area contributed by atoms with Gasteiger partial charge < -0.3 is 14.6 Å². The molecule has 0 amide bonds. The number of carboxylic acids is 1. The minimum atomic E-state index is -1.35. The Hall–Kier alpha value is -1.10. The lowest BCUT2D eigenvalue weighted by Crippen LogP contribution is -2.42. The summed E-state index contributed by atoms with van der Waals surface area (Å²) in [6, 6.07) is 0. The van der Waals surface area contributed by atoms with E-state index in [9.17, 15) is 14.7 Å². The molecule has 2 fully saturated rings. The van der Waals surface area contributed by atoms with Gasteiger partial charge in [0.2, 0.25) is 6.29 Å². The highest BCUT2D eigenvalue weighted by molar-refractivity contribution is 5.99. The Morgan fingerprint density at radius 3 is 2.14 bits per heavy atom. The molecule has 0 heterocycles. The Morgan fingerprint density at radius 2 is 1.67 bits per heavy atom. The number of carbonyl (C=O) groups excluding carboxylic acids is 1. The van der Waals surface area contributed by atoms with Crippen LogP contribution in [0.5, 0.6) is 0 Å². The monoisotopic (exact) mass is 298 g/mol. The van der Waals surface area contributed by atoms with Crippen molar-refractivity contribution in [3.05, 3.63) is 0 Å². The lowest BCUT2D eigenvalue weighted by molar-refractivity contribution is -0.212. The van der Waals surface area contributed by atoms with E-state index < -0.39 is 23.6 Å². The summed E-state index contributed by atoms with van der Waals surface area (Å²) in [4.78, 5) is 23.9. The number of hydrogen-bond acceptors (Lipinski definition) is 4. The van der Waals surface area contributed by atoms with E-state index in [0.29, 0.717) is 12.8 Å². The second-order valence-electron chi connectivity index (χ2n) is 6.65. The summed E-state index contributed by atoms with van der Waals surface area (Å²) in [7, 11) is 0. The van der Waals surface area contributed by atoms with E-state index in [4.69, 9.17) is 9.47 Å². The average Bonchev–Trinajstić information content (AvgIpc) is 3.09. The van der Waals surface area contributed by atoms with Crippen LogP contribution in [-0.4, -0.2) is 29.4 Å². The lowest BCUT2D eigenvalue weighted by Gasteiger charge is -2.29. The van der Waals surface area contributed by atoms with Gasteiger partial charge in [0.1, 0.15) is 0 Å². The molecule has 0 bridgehead atoms. The second kappa shape index (κ2) is 6.77. The van der Waals surface area contributed by atoms with Crippen LogP contribution in [0.15, 0.2) is 0 Å². The first-order valence-electron chi connectivity index (χ1n) is 8.05. The summed E-state index contributed by atoms with van der Waals surface area (Å²) < 4.78 is 11.4. The summed E-state index contributed by atoms with van der Waals surface area (Å²) in [6.07, 6.45) is 6.02. The first kappa shape index (κ1) is 16.3. The molecule has 1 atom stereocenters. The number of aliphatic carboxylic acids is 1. The van der Waals surface area contributed by atoms with Crippen LogP contribution in [0.1, 0.15) is 65.2 Å². The molecule has 5 nitrogen and oxygen atoms in total. The van der Waals surface area contributed by atoms with Gasteiger partial charge in [-0.05, 0) is 25.7 Å². The van der Waals surface area contributed by atoms with E-state index in [-0.39, 0.29) is 12.0 Å². The molecule has 2 saturated carbocycles. The maximum atomic E-state index is 12.4. The minimum absolute atomic E-state index is 0.0156. The standard InChI is InChI=1S/C16H26O5/c1-11(2)13(20-12-7-3-4-8-12)21-15(19)16(14(17)18)9-5-6-10-16/h11-13H,3-10H2,1-2H3,(H,17,18). The summed E-state index contributed by atoms with van der Waals surface area (Å²) >= 11 is 0. The van der Waals surface area contributed by atoms with Crippen molar-refractivity contribution in [1.29, 1.82) is 0 Å². The van der Waals surface area contributed by atoms with Crippen LogP contribution in [0, 0.1) is 11.3 Å². The fourth-order valence-electron chi connectivity index (χ4n) is 3.24. The highest BCUT2D eigenvalue weighted by Crippen LogP contribution is 2.40. The van der Waals surface area contributed by atoms with Crippen molar-refractivity contribution in [1.82, 2.24) is 0 Å². The summed E-state index contributed by atoms with van der Waals surface area (Å²) in [6.45, 7) is 3.85. The van der Waals surface area contributed by atoms with Crippen molar-refractivity contribution in [2.24, 2.45) is 11.3 Å². The van der Waals surface area contributed by atoms with Gasteiger partial charge in [0.15, 0.2) is 5.41 Å². The highest BCUT2D eigenvalue weighted by Gasteiger charge is 2.50. The van der Waals surface area contributed by atoms with E-state index in [1.165, 1.54) is 0 Å². The van der Waals surface area contributed by atoms with E-state index >= 15 is 0 Å². The zero-order chi connectivity index (χ0) is 15.5. The first-order valence-corrected chi connectivity index (χ1v) is 8.05. The smallest absolute Gasteiger partial charge is 0.325 e. The third-order valence-electron chi connectivity index (χ3n) is 4.65. The highest BCUT2D eigenvalue weighted by atomic mass is 16.7. The molecule has 120 valence electrons. The molecule has 2 aliphatic carbocycles. The minimum Gasteiger partial charge on any atom is -0.480 e. The molecular formula is C16H26O5. The quantitative estimate of drug-likeness (QED) is 0.463. The van der Waals surface area contributed by atoms with Gasteiger partial charge in [-0.2, -0.15) is 0 Å². The number of hydrogen-bond donors (Lipinski definition) is 1. The van der Waals surface area contributed by atoms with Gasteiger partial charge in [-0.3, -0.25) is 9.59 Å². The molecule has 0 aliphatic heterocycles. The number of rotatable bonds is 6. The van der Waals surface area contributed by atoms with Crippen molar-refractivity contribution >= 4 is 11.9 Å². The maximum Gasteiger partial charge on any atom is 0.325 e. The molecule has 21 heavy (non-hydrogen) atoms. The Kier molecular flexibility index (Phi) is 5.25. The van der Waals surface area contributed by atoms with Gasteiger partial charge in [0.25, 0.3) is 0 Å². The van der Waals surface area contributed by atoms with Gasteiger partial charge in [-0.25, -0.2) is 0 Å². The molecule has 0 aromatic carbocycles. The van der Waals surface area contributed by atoms with Crippen LogP contribution in [-0.2, 0) is 19.1 Å². The predicted molar refractivity (Wildman–Crippen MR) is 76.6 cm³/mol. The SMILES string of the molecule is CC(C)C(OC(=O)C1(C(=O)O)CCCC1)OC1CCCC1. The Bertz CT molecular complexity index is 378. The Balaban J connectivity index is 2.01. The lowest BCUT2D eigenvalue weighted by atomic mass is 9.86. The topological polar surface area (TPSA) is 72.8 Å². The second-order valence-corrected chi connectivity index (χ2v) is 6.65. The van der Waals surface area contributed by atoms with Crippen LogP contribution in [0.2, 0.25) is 0 Å². The molecule has 5 heteroatoms. The molecule has 1 N–H and O–H groups in total. The van der Waals surface area contributed by atoms with E-state index in [0.717, 1.165) is 38.5 Å². The average molecular weight is 298 g/mol. The summed E-state index contributed by atoms with van der Waals surface area (Å²) in [5.74, 6) is -1.67. The van der Waals surface area contributed by atoms with Crippen molar-refractivity contribution in [3.8, 4) is 0 Å². The van der Waals surface area contributed by atoms with Gasteiger partial charge in [0, 0.05) is 5.92 Å². The van der Waals surface area contributed by atoms with Crippen molar-refractivity contribution in [3.63, 3.8) is 0 Å². The van der Waals surface area contributed by atoms with E-state index in [1.807, 2.05) is 13.8 Å². The van der Waals surface area contributed by atoms with Crippen LogP contribution in [0.4, 0.5) is 0 Å². The molecule has 0 saturated heterocycles. The molecular weight excluding hydrogens is 272 g/mol. The third-order valence-corrected chi connectivity index (χ3v) is 4.65. The molecule has 2 aliphatic rings. The van der Waals surface area contributed by atoms with Crippen LogP contribution < -0.4 is 0 Å². The number of ether oxygens (including phenoxy) is 2. The summed E-state index contributed by atoms with van der Waals surface area (Å²) in [5.41, 5.74) is -1.35. The molecule has 0 radical (unpaired) electrons. The van der Waals surface area contributed by atoms with Gasteiger partial charge in [0.05, 0.1) is 6.10 Å². The largest absolute Gasteiger partial charge is 0.480 e. The predicted octanol–water partition coefficient (Wildman–Crippen LogP) is 3.12.